The molecule has 0 fully saturated rings. The van der Waals surface area contributed by atoms with E-state index >= 15 is 0 Å². The first kappa shape index (κ1) is 18.4. The molecule has 0 amide bonds. The third-order valence-electron chi connectivity index (χ3n) is 3.78. The highest BCUT2D eigenvalue weighted by atomic mass is 16.5. The Hall–Kier alpha value is -0.610. The molecule has 0 aliphatic carbocycles. The van der Waals surface area contributed by atoms with Gasteiger partial charge >= 0.3 is 5.97 Å². The smallest absolute Gasteiger partial charge is 0.314 e. The quantitative estimate of drug-likeness (QED) is 0.699. The van der Waals surface area contributed by atoms with Crippen molar-refractivity contribution in [1.29, 1.82) is 0 Å². The Labute approximate surface area is 117 Å². The molecule has 4 nitrogen and oxygen atoms in total. The number of aliphatic carboxylic acids is 1. The summed E-state index contributed by atoms with van der Waals surface area (Å²) in [7, 11) is 0. The lowest BCUT2D eigenvalue weighted by Gasteiger charge is -2.33. The normalized spacial score (nSPS) is 13.6. The molecule has 0 aliphatic heterocycles. The van der Waals surface area contributed by atoms with E-state index in [-0.39, 0.29) is 24.4 Å². The molecular formula is C15H30O4. The maximum atomic E-state index is 11.5. The second-order valence-corrected chi connectivity index (χ2v) is 6.67. The summed E-state index contributed by atoms with van der Waals surface area (Å²) in [5, 5.41) is 9.41. The zero-order valence-electron chi connectivity index (χ0n) is 13.5. The summed E-state index contributed by atoms with van der Waals surface area (Å²) in [4.78, 5) is 11.5. The molecule has 0 aromatic carbocycles. The van der Waals surface area contributed by atoms with Gasteiger partial charge in [-0.2, -0.15) is 0 Å². The van der Waals surface area contributed by atoms with E-state index in [9.17, 15) is 9.90 Å². The topological polar surface area (TPSA) is 55.8 Å². The Balaban J connectivity index is 4.65. The van der Waals surface area contributed by atoms with E-state index in [1.165, 1.54) is 0 Å². The van der Waals surface area contributed by atoms with Crippen molar-refractivity contribution in [2.45, 2.75) is 72.5 Å². The number of hydrogen-bond acceptors (Lipinski definition) is 3. The molecule has 0 rings (SSSR count). The van der Waals surface area contributed by atoms with Gasteiger partial charge in [-0.15, -0.1) is 0 Å². The summed E-state index contributed by atoms with van der Waals surface area (Å²) in [5.41, 5.74) is -1.63. The average Bonchev–Trinajstić information content (AvgIpc) is 2.34. The summed E-state index contributed by atoms with van der Waals surface area (Å²) in [5.74, 6) is -0.883. The first-order valence-electron chi connectivity index (χ1n) is 6.99. The summed E-state index contributed by atoms with van der Waals surface area (Å²) in [6.45, 7) is 13.9. The first-order chi connectivity index (χ1) is 8.48. The van der Waals surface area contributed by atoms with Gasteiger partial charge in [0.25, 0.3) is 0 Å². The largest absolute Gasteiger partial charge is 0.481 e. The minimum absolute atomic E-state index is 0.156. The van der Waals surface area contributed by atoms with Gasteiger partial charge in [-0.25, -0.2) is 0 Å². The van der Waals surface area contributed by atoms with Crippen molar-refractivity contribution in [1.82, 2.24) is 0 Å². The fourth-order valence-electron chi connectivity index (χ4n) is 1.08. The van der Waals surface area contributed by atoms with E-state index in [0.29, 0.717) is 0 Å². The number of ether oxygens (including phenoxy) is 2. The van der Waals surface area contributed by atoms with Gasteiger partial charge in [0.05, 0.1) is 24.4 Å². The predicted molar refractivity (Wildman–Crippen MR) is 76.4 cm³/mol. The summed E-state index contributed by atoms with van der Waals surface area (Å²) < 4.78 is 11.5. The van der Waals surface area contributed by atoms with Crippen molar-refractivity contribution in [2.75, 3.05) is 13.2 Å². The van der Waals surface area contributed by atoms with Gasteiger partial charge in [0.15, 0.2) is 0 Å². The first-order valence-corrected chi connectivity index (χ1v) is 6.99. The molecule has 0 aliphatic rings. The molecule has 0 aromatic rings. The highest BCUT2D eigenvalue weighted by Crippen LogP contribution is 2.26. The van der Waals surface area contributed by atoms with Crippen LogP contribution >= 0.6 is 0 Å². The molecule has 0 aromatic heterocycles. The number of carboxylic acid groups (broad SMARTS) is 1. The fraction of sp³-hybridized carbons (Fsp3) is 0.933. The van der Waals surface area contributed by atoms with Crippen molar-refractivity contribution >= 4 is 5.97 Å². The van der Waals surface area contributed by atoms with Gasteiger partial charge in [0, 0.05) is 0 Å². The molecule has 0 heterocycles. The summed E-state index contributed by atoms with van der Waals surface area (Å²) in [6, 6.07) is 0. The second-order valence-electron chi connectivity index (χ2n) is 6.67. The number of carbonyl (C=O) groups is 1. The number of hydrogen-bond donors (Lipinski definition) is 1. The van der Waals surface area contributed by atoms with Gasteiger partial charge in [-0.3, -0.25) is 4.79 Å². The van der Waals surface area contributed by atoms with Crippen LogP contribution in [0.3, 0.4) is 0 Å². The third kappa shape index (κ3) is 6.39. The van der Waals surface area contributed by atoms with Gasteiger partial charge in [0.1, 0.15) is 5.41 Å². The van der Waals surface area contributed by atoms with E-state index in [1.54, 1.807) is 6.92 Å². The van der Waals surface area contributed by atoms with Crippen LogP contribution in [-0.4, -0.2) is 35.5 Å². The maximum Gasteiger partial charge on any atom is 0.314 e. The van der Waals surface area contributed by atoms with Gasteiger partial charge in [0.2, 0.25) is 0 Å². The van der Waals surface area contributed by atoms with E-state index in [2.05, 4.69) is 0 Å². The van der Waals surface area contributed by atoms with Crippen LogP contribution in [-0.2, 0) is 14.3 Å². The second kappa shape index (κ2) is 6.71. The maximum absolute atomic E-state index is 11.5. The van der Waals surface area contributed by atoms with Crippen molar-refractivity contribution in [2.24, 2.45) is 5.41 Å². The van der Waals surface area contributed by atoms with E-state index < -0.39 is 11.4 Å². The van der Waals surface area contributed by atoms with Gasteiger partial charge in [-0.05, 0) is 47.5 Å². The summed E-state index contributed by atoms with van der Waals surface area (Å²) in [6.07, 6.45) is 1.67. The fourth-order valence-corrected chi connectivity index (χ4v) is 1.08. The standard InChI is InChI=1S/C15H30O4/c1-8-13(3,4)18-10-15(7,12(16)17)11-19-14(5,6)9-2/h8-11H2,1-7H3,(H,16,17). The van der Waals surface area contributed by atoms with Crippen molar-refractivity contribution < 1.29 is 19.4 Å². The Kier molecular flexibility index (Phi) is 6.49. The molecule has 0 unspecified atom stereocenters. The minimum atomic E-state index is -1.02. The Morgan fingerprint density at radius 1 is 0.895 bits per heavy atom. The molecule has 0 saturated carbocycles. The van der Waals surface area contributed by atoms with Crippen LogP contribution in [0.5, 0.6) is 0 Å². The molecule has 0 spiro atoms. The lowest BCUT2D eigenvalue weighted by atomic mass is 9.92. The molecule has 114 valence electrons. The molecular weight excluding hydrogens is 244 g/mol. The molecule has 4 heteroatoms. The van der Waals surface area contributed by atoms with Crippen molar-refractivity contribution in [3.8, 4) is 0 Å². The van der Waals surface area contributed by atoms with Crippen LogP contribution in [0.4, 0.5) is 0 Å². The van der Waals surface area contributed by atoms with Crippen molar-refractivity contribution in [3.05, 3.63) is 0 Å². The zero-order valence-corrected chi connectivity index (χ0v) is 13.5. The van der Waals surface area contributed by atoms with E-state index in [4.69, 9.17) is 9.47 Å². The zero-order chi connectivity index (χ0) is 15.3. The monoisotopic (exact) mass is 274 g/mol. The lowest BCUT2D eigenvalue weighted by Crippen LogP contribution is -2.43. The Bertz CT molecular complexity index is 275. The molecule has 0 bridgehead atoms. The average molecular weight is 274 g/mol. The SMILES string of the molecule is CCC(C)(C)OCC(C)(COC(C)(C)CC)C(=O)O. The van der Waals surface area contributed by atoms with Crippen molar-refractivity contribution in [3.63, 3.8) is 0 Å². The third-order valence-corrected chi connectivity index (χ3v) is 3.78. The van der Waals surface area contributed by atoms with Gasteiger partial charge < -0.3 is 14.6 Å². The molecule has 0 saturated heterocycles. The van der Waals surface area contributed by atoms with Crippen LogP contribution in [0.15, 0.2) is 0 Å². The van der Waals surface area contributed by atoms with Crippen LogP contribution in [0.1, 0.15) is 61.3 Å². The van der Waals surface area contributed by atoms with Crippen LogP contribution < -0.4 is 0 Å². The number of rotatable bonds is 9. The molecule has 0 atom stereocenters. The predicted octanol–water partition coefficient (Wildman–Crippen LogP) is 3.49. The Morgan fingerprint density at radius 3 is 1.42 bits per heavy atom. The Morgan fingerprint density at radius 2 is 1.21 bits per heavy atom. The molecule has 1 N–H and O–H groups in total. The van der Waals surface area contributed by atoms with Gasteiger partial charge in [-0.1, -0.05) is 13.8 Å². The van der Waals surface area contributed by atoms with Crippen LogP contribution in [0.2, 0.25) is 0 Å². The molecule has 19 heavy (non-hydrogen) atoms. The highest BCUT2D eigenvalue weighted by molar-refractivity contribution is 5.74. The lowest BCUT2D eigenvalue weighted by molar-refractivity contribution is -0.167. The minimum Gasteiger partial charge on any atom is -0.481 e. The van der Waals surface area contributed by atoms with E-state index in [0.717, 1.165) is 12.8 Å². The highest BCUT2D eigenvalue weighted by Gasteiger charge is 2.37. The summed E-state index contributed by atoms with van der Waals surface area (Å²) >= 11 is 0. The van der Waals surface area contributed by atoms with Crippen LogP contribution in [0, 0.1) is 5.41 Å². The number of carboxylic acids is 1. The van der Waals surface area contributed by atoms with Crippen LogP contribution in [0.25, 0.3) is 0 Å². The van der Waals surface area contributed by atoms with E-state index in [1.807, 2.05) is 41.5 Å². The molecule has 0 radical (unpaired) electrons.